The van der Waals surface area contributed by atoms with E-state index in [9.17, 15) is 9.90 Å². The number of fused-ring (bicyclic) bond motifs is 1. The molecule has 1 saturated heterocycles. The maximum atomic E-state index is 13.0. The molecule has 1 aromatic heterocycles. The minimum atomic E-state index is -0.692. The lowest BCUT2D eigenvalue weighted by Gasteiger charge is -2.36. The van der Waals surface area contributed by atoms with E-state index in [2.05, 4.69) is 10.00 Å². The molecule has 3 aromatic rings. The summed E-state index contributed by atoms with van der Waals surface area (Å²) in [6.45, 7) is 6.27. The smallest absolute Gasteiger partial charge is 0.274 e. The molecule has 1 aliphatic heterocycles. The molecule has 3 atom stereocenters. The van der Waals surface area contributed by atoms with Gasteiger partial charge < -0.3 is 9.84 Å². The molecule has 1 fully saturated rings. The summed E-state index contributed by atoms with van der Waals surface area (Å²) in [4.78, 5) is 15.2. The number of hydrogen-bond donors (Lipinski definition) is 1. The number of rotatable bonds is 5. The van der Waals surface area contributed by atoms with Crippen LogP contribution in [0.15, 0.2) is 59.4 Å². The normalized spacial score (nSPS) is 21.3. The van der Waals surface area contributed by atoms with E-state index in [-0.39, 0.29) is 24.3 Å². The SMILES string of the molecule is C[C@@H]1CN(C[C@@H](O)Cn2nc(-c3ccccc3)c3ccccc3c2=O)C[C@H](C)O1. The van der Waals surface area contributed by atoms with Crippen LogP contribution in [0.4, 0.5) is 0 Å². The molecule has 0 bridgehead atoms. The van der Waals surface area contributed by atoms with Crippen molar-refractivity contribution in [3.8, 4) is 11.3 Å². The predicted molar refractivity (Wildman–Crippen MR) is 114 cm³/mol. The van der Waals surface area contributed by atoms with Gasteiger partial charge in [0.1, 0.15) is 0 Å². The molecule has 6 heteroatoms. The van der Waals surface area contributed by atoms with Crippen molar-refractivity contribution in [3.63, 3.8) is 0 Å². The first-order valence-corrected chi connectivity index (χ1v) is 10.1. The average Bonchev–Trinajstić information content (AvgIpc) is 2.70. The van der Waals surface area contributed by atoms with Crippen LogP contribution in [0.2, 0.25) is 0 Å². The van der Waals surface area contributed by atoms with Crippen LogP contribution in [0, 0.1) is 0 Å². The average molecular weight is 393 g/mol. The minimum Gasteiger partial charge on any atom is -0.390 e. The number of aliphatic hydroxyl groups excluding tert-OH is 1. The van der Waals surface area contributed by atoms with Gasteiger partial charge >= 0.3 is 0 Å². The Morgan fingerprint density at radius 2 is 1.62 bits per heavy atom. The van der Waals surface area contributed by atoms with Gasteiger partial charge in [0.15, 0.2) is 0 Å². The van der Waals surface area contributed by atoms with Gasteiger partial charge in [-0.15, -0.1) is 0 Å². The van der Waals surface area contributed by atoms with E-state index < -0.39 is 6.10 Å². The molecule has 29 heavy (non-hydrogen) atoms. The van der Waals surface area contributed by atoms with Crippen molar-refractivity contribution in [2.75, 3.05) is 19.6 Å². The fourth-order valence-electron chi connectivity index (χ4n) is 4.16. The first kappa shape index (κ1) is 19.8. The topological polar surface area (TPSA) is 67.6 Å². The number of benzene rings is 2. The molecule has 4 rings (SSSR count). The number of aliphatic hydroxyl groups is 1. The molecule has 1 aliphatic rings. The number of β-amino-alcohol motifs (C(OH)–C–C–N with tert-alkyl or cyclic N) is 1. The maximum Gasteiger partial charge on any atom is 0.274 e. The zero-order valence-electron chi connectivity index (χ0n) is 16.9. The Morgan fingerprint density at radius 1 is 1.00 bits per heavy atom. The van der Waals surface area contributed by atoms with Gasteiger partial charge in [-0.1, -0.05) is 48.5 Å². The van der Waals surface area contributed by atoms with Gasteiger partial charge in [0, 0.05) is 30.6 Å². The summed E-state index contributed by atoms with van der Waals surface area (Å²) in [6, 6.07) is 17.3. The van der Waals surface area contributed by atoms with Crippen molar-refractivity contribution >= 4 is 10.8 Å². The Kier molecular flexibility index (Phi) is 5.76. The molecule has 0 radical (unpaired) electrons. The molecule has 1 N–H and O–H groups in total. The summed E-state index contributed by atoms with van der Waals surface area (Å²) in [5.74, 6) is 0. The van der Waals surface area contributed by atoms with Gasteiger partial charge in [-0.2, -0.15) is 5.10 Å². The summed E-state index contributed by atoms with van der Waals surface area (Å²) in [5.41, 5.74) is 1.52. The van der Waals surface area contributed by atoms with Gasteiger partial charge in [-0.25, -0.2) is 4.68 Å². The van der Waals surface area contributed by atoms with Crippen molar-refractivity contribution in [2.24, 2.45) is 0 Å². The highest BCUT2D eigenvalue weighted by molar-refractivity contribution is 5.93. The van der Waals surface area contributed by atoms with E-state index in [0.29, 0.717) is 11.9 Å². The number of morpholine rings is 1. The third-order valence-electron chi connectivity index (χ3n) is 5.26. The fourth-order valence-corrected chi connectivity index (χ4v) is 4.16. The lowest BCUT2D eigenvalue weighted by molar-refractivity contribution is -0.0774. The highest BCUT2D eigenvalue weighted by atomic mass is 16.5. The summed E-state index contributed by atoms with van der Waals surface area (Å²) in [6.07, 6.45) is -0.420. The minimum absolute atomic E-state index is 0.136. The van der Waals surface area contributed by atoms with E-state index in [1.807, 2.05) is 68.4 Å². The van der Waals surface area contributed by atoms with Crippen molar-refractivity contribution in [3.05, 3.63) is 65.0 Å². The van der Waals surface area contributed by atoms with Crippen molar-refractivity contribution < 1.29 is 9.84 Å². The molecular weight excluding hydrogens is 366 g/mol. The van der Waals surface area contributed by atoms with Crippen LogP contribution in [0.5, 0.6) is 0 Å². The molecule has 6 nitrogen and oxygen atoms in total. The highest BCUT2D eigenvalue weighted by Crippen LogP contribution is 2.24. The second-order valence-electron chi connectivity index (χ2n) is 7.88. The fraction of sp³-hybridized carbons (Fsp3) is 0.391. The largest absolute Gasteiger partial charge is 0.390 e. The summed E-state index contributed by atoms with van der Waals surface area (Å²) in [5, 5.41) is 16.8. The molecule has 0 saturated carbocycles. The van der Waals surface area contributed by atoms with E-state index in [1.54, 1.807) is 0 Å². The van der Waals surface area contributed by atoms with Gasteiger partial charge in [0.2, 0.25) is 0 Å². The number of ether oxygens (including phenoxy) is 1. The molecule has 2 heterocycles. The highest BCUT2D eigenvalue weighted by Gasteiger charge is 2.24. The molecule has 152 valence electrons. The lowest BCUT2D eigenvalue weighted by Crippen LogP contribution is -2.49. The molecular formula is C23H27N3O3. The number of nitrogens with zero attached hydrogens (tertiary/aromatic N) is 3. The summed E-state index contributed by atoms with van der Waals surface area (Å²) < 4.78 is 7.16. The first-order chi connectivity index (χ1) is 14.0. The monoisotopic (exact) mass is 393 g/mol. The van der Waals surface area contributed by atoms with Gasteiger partial charge in [0.05, 0.1) is 35.9 Å². The molecule has 0 aliphatic carbocycles. The summed E-state index contributed by atoms with van der Waals surface area (Å²) >= 11 is 0. The Labute approximate surface area is 170 Å². The molecule has 0 unspecified atom stereocenters. The van der Waals surface area contributed by atoms with Crippen LogP contribution in [-0.2, 0) is 11.3 Å². The van der Waals surface area contributed by atoms with E-state index in [1.165, 1.54) is 4.68 Å². The molecule has 2 aromatic carbocycles. The Balaban J connectivity index is 1.64. The zero-order chi connectivity index (χ0) is 20.4. The Hall–Kier alpha value is -2.54. The second-order valence-corrected chi connectivity index (χ2v) is 7.88. The maximum absolute atomic E-state index is 13.0. The van der Waals surface area contributed by atoms with Crippen LogP contribution in [-0.4, -0.2) is 57.7 Å². The summed E-state index contributed by atoms with van der Waals surface area (Å²) in [7, 11) is 0. The van der Waals surface area contributed by atoms with Crippen LogP contribution in [0.1, 0.15) is 13.8 Å². The van der Waals surface area contributed by atoms with E-state index >= 15 is 0 Å². The number of hydrogen-bond acceptors (Lipinski definition) is 5. The predicted octanol–water partition coefficient (Wildman–Crippen LogP) is 2.53. The quantitative estimate of drug-likeness (QED) is 0.722. The standard InChI is InChI=1S/C23H27N3O3/c1-16-12-25(13-17(2)29-16)14-19(27)15-26-23(28)21-11-7-6-10-20(21)22(24-26)18-8-4-3-5-9-18/h3-11,16-17,19,27H,12-15H2,1-2H3/t16-,17+,19-/m1/s1. The zero-order valence-corrected chi connectivity index (χ0v) is 16.9. The first-order valence-electron chi connectivity index (χ1n) is 10.1. The van der Waals surface area contributed by atoms with Crippen LogP contribution < -0.4 is 5.56 Å². The third-order valence-corrected chi connectivity index (χ3v) is 5.26. The third kappa shape index (κ3) is 4.40. The van der Waals surface area contributed by atoms with Crippen LogP contribution >= 0.6 is 0 Å². The van der Waals surface area contributed by atoms with Crippen molar-refractivity contribution in [1.29, 1.82) is 0 Å². The Bertz CT molecular complexity index is 1020. The van der Waals surface area contributed by atoms with E-state index in [4.69, 9.17) is 4.74 Å². The lowest BCUT2D eigenvalue weighted by atomic mass is 10.1. The van der Waals surface area contributed by atoms with Crippen molar-refractivity contribution in [2.45, 2.75) is 38.7 Å². The van der Waals surface area contributed by atoms with Gasteiger partial charge in [0.25, 0.3) is 5.56 Å². The molecule has 0 spiro atoms. The van der Waals surface area contributed by atoms with Gasteiger partial charge in [-0.05, 0) is 19.9 Å². The van der Waals surface area contributed by atoms with Gasteiger partial charge in [-0.3, -0.25) is 9.69 Å². The molecule has 0 amide bonds. The number of aromatic nitrogens is 2. The van der Waals surface area contributed by atoms with Crippen LogP contribution in [0.25, 0.3) is 22.0 Å². The van der Waals surface area contributed by atoms with E-state index in [0.717, 1.165) is 29.7 Å². The second kappa shape index (κ2) is 8.45. The van der Waals surface area contributed by atoms with Crippen LogP contribution in [0.3, 0.4) is 0 Å². The Morgan fingerprint density at radius 3 is 2.31 bits per heavy atom. The van der Waals surface area contributed by atoms with Crippen molar-refractivity contribution in [1.82, 2.24) is 14.7 Å².